The molecule has 0 aliphatic carbocycles. The molecule has 0 unspecified atom stereocenters. The zero-order valence-electron chi connectivity index (χ0n) is 10.9. The summed E-state index contributed by atoms with van der Waals surface area (Å²) in [5, 5.41) is 3.43. The number of rotatable bonds is 3. The average molecular weight is 310 g/mol. The van der Waals surface area contributed by atoms with Crippen molar-refractivity contribution in [3.63, 3.8) is 0 Å². The first-order chi connectivity index (χ1) is 9.92. The van der Waals surface area contributed by atoms with Crippen molar-refractivity contribution in [3.05, 3.63) is 35.4 Å². The van der Waals surface area contributed by atoms with Crippen molar-refractivity contribution in [2.75, 3.05) is 11.3 Å². The predicted octanol–water partition coefficient (Wildman–Crippen LogP) is 0.628. The van der Waals surface area contributed by atoms with Crippen LogP contribution in [0.3, 0.4) is 0 Å². The van der Waals surface area contributed by atoms with Gasteiger partial charge in [-0.1, -0.05) is 17.0 Å². The highest BCUT2D eigenvalue weighted by atomic mass is 32.2. The lowest BCUT2D eigenvalue weighted by atomic mass is 10.2. The molecule has 0 saturated heterocycles. The van der Waals surface area contributed by atoms with Crippen LogP contribution in [0.15, 0.2) is 27.6 Å². The third-order valence-corrected chi connectivity index (χ3v) is 3.66. The van der Waals surface area contributed by atoms with Crippen LogP contribution in [0, 0.1) is 24.6 Å². The van der Waals surface area contributed by atoms with Gasteiger partial charge >= 0.3 is 6.01 Å². The predicted molar refractivity (Wildman–Crippen MR) is 72.2 cm³/mol. The smallest absolute Gasteiger partial charge is 0.320 e. The number of aromatic nitrogens is 2. The summed E-state index contributed by atoms with van der Waals surface area (Å²) in [4.78, 5) is 3.14. The van der Waals surface area contributed by atoms with Crippen molar-refractivity contribution in [1.82, 2.24) is 10.1 Å². The Hall–Kier alpha value is -2.44. The first-order valence-electron chi connectivity index (χ1n) is 5.74. The van der Waals surface area contributed by atoms with Crippen molar-refractivity contribution in [3.8, 4) is 11.8 Å². The molecule has 9 heteroatoms. The van der Waals surface area contributed by atoms with E-state index in [9.17, 15) is 12.8 Å². The van der Waals surface area contributed by atoms with E-state index in [4.69, 9.17) is 5.73 Å². The number of halogens is 1. The van der Waals surface area contributed by atoms with Crippen molar-refractivity contribution in [1.29, 1.82) is 0 Å². The van der Waals surface area contributed by atoms with E-state index in [0.29, 0.717) is 5.56 Å². The van der Waals surface area contributed by atoms with Gasteiger partial charge in [0.1, 0.15) is 10.7 Å². The Morgan fingerprint density at radius 2 is 2.24 bits per heavy atom. The molecular formula is C12H11FN4O3S. The number of hydrogen-bond acceptors (Lipinski definition) is 6. The van der Waals surface area contributed by atoms with Gasteiger partial charge < -0.3 is 10.3 Å². The molecule has 0 spiro atoms. The lowest BCUT2D eigenvalue weighted by Gasteiger charge is -2.05. The fourth-order valence-electron chi connectivity index (χ4n) is 1.46. The number of aryl methyl sites for hydroxylation is 1. The maximum Gasteiger partial charge on any atom is 0.335 e. The Balaban J connectivity index is 2.32. The van der Waals surface area contributed by atoms with Gasteiger partial charge in [-0.15, -0.1) is 0 Å². The second kappa shape index (κ2) is 5.90. The van der Waals surface area contributed by atoms with Gasteiger partial charge in [-0.2, -0.15) is 4.98 Å². The average Bonchev–Trinajstić information content (AvgIpc) is 2.80. The van der Waals surface area contributed by atoms with Crippen LogP contribution in [0.25, 0.3) is 0 Å². The second-order valence-corrected chi connectivity index (χ2v) is 5.55. The summed E-state index contributed by atoms with van der Waals surface area (Å²) < 4.78 is 44.6. The Kier molecular flexibility index (Phi) is 4.21. The first-order valence-corrected chi connectivity index (χ1v) is 7.22. The summed E-state index contributed by atoms with van der Waals surface area (Å²) in [6.45, 7) is 1.65. The summed E-state index contributed by atoms with van der Waals surface area (Å²) >= 11 is 0. The zero-order valence-corrected chi connectivity index (χ0v) is 11.7. The molecule has 1 heterocycles. The molecule has 3 N–H and O–H groups in total. The van der Waals surface area contributed by atoms with Crippen LogP contribution in [0.1, 0.15) is 11.4 Å². The number of nitrogens with zero attached hydrogens (tertiary/aromatic N) is 2. The molecule has 21 heavy (non-hydrogen) atoms. The van der Waals surface area contributed by atoms with Crippen molar-refractivity contribution < 1.29 is 17.3 Å². The zero-order chi connectivity index (χ0) is 15.5. The monoisotopic (exact) mass is 310 g/mol. The highest BCUT2D eigenvalue weighted by molar-refractivity contribution is 7.92. The van der Waals surface area contributed by atoms with Crippen molar-refractivity contribution >= 4 is 16.0 Å². The molecule has 0 radical (unpaired) electrons. The molecule has 2 rings (SSSR count). The minimum Gasteiger partial charge on any atom is -0.320 e. The minimum atomic E-state index is -4.16. The van der Waals surface area contributed by atoms with E-state index in [0.717, 1.165) is 12.1 Å². The number of benzene rings is 1. The molecule has 110 valence electrons. The maximum atomic E-state index is 13.9. The summed E-state index contributed by atoms with van der Waals surface area (Å²) in [5.41, 5.74) is 5.53. The van der Waals surface area contributed by atoms with Crippen LogP contribution < -0.4 is 10.5 Å². The van der Waals surface area contributed by atoms with E-state index in [1.54, 1.807) is 0 Å². The number of anilines is 1. The van der Waals surface area contributed by atoms with Crippen LogP contribution in [-0.2, 0) is 10.0 Å². The number of nitrogens with two attached hydrogens (primary N) is 1. The lowest BCUT2D eigenvalue weighted by Crippen LogP contribution is -2.15. The number of nitrogens with one attached hydrogen (secondary N) is 1. The third-order valence-electron chi connectivity index (χ3n) is 2.31. The topological polar surface area (TPSA) is 111 Å². The largest absolute Gasteiger partial charge is 0.335 e. The van der Waals surface area contributed by atoms with E-state index < -0.39 is 20.7 Å². The Morgan fingerprint density at radius 3 is 2.81 bits per heavy atom. The molecule has 0 amide bonds. The molecule has 0 aliphatic rings. The molecule has 1 aromatic carbocycles. The van der Waals surface area contributed by atoms with Gasteiger partial charge in [-0.3, -0.25) is 0 Å². The molecule has 2 aromatic rings. The molecule has 7 nitrogen and oxygen atoms in total. The molecule has 0 fully saturated rings. The van der Waals surface area contributed by atoms with Gasteiger partial charge in [0.25, 0.3) is 10.0 Å². The maximum absolute atomic E-state index is 13.9. The molecule has 0 bridgehead atoms. The number of hydrogen-bond donors (Lipinski definition) is 2. The van der Waals surface area contributed by atoms with Crippen LogP contribution in [0.4, 0.5) is 10.4 Å². The summed E-state index contributed by atoms with van der Waals surface area (Å²) in [6, 6.07) is 3.15. The minimum absolute atomic E-state index is 0.125. The van der Waals surface area contributed by atoms with Crippen molar-refractivity contribution in [2.24, 2.45) is 5.73 Å². The summed E-state index contributed by atoms with van der Waals surface area (Å²) in [5.74, 6) is 4.46. The molecule has 0 atom stereocenters. The van der Waals surface area contributed by atoms with E-state index in [1.807, 2.05) is 4.72 Å². The summed E-state index contributed by atoms with van der Waals surface area (Å²) in [7, 11) is -4.16. The van der Waals surface area contributed by atoms with Gasteiger partial charge in [-0.05, 0) is 25.1 Å². The molecule has 0 saturated carbocycles. The third kappa shape index (κ3) is 3.56. The van der Waals surface area contributed by atoms with Gasteiger partial charge in [0.15, 0.2) is 5.82 Å². The Labute approximate surface area is 120 Å². The SMILES string of the molecule is Cc1noc(NS(=O)(=O)c2ccc(C#CCN)cc2F)n1. The van der Waals surface area contributed by atoms with Crippen LogP contribution >= 0.6 is 0 Å². The van der Waals surface area contributed by atoms with E-state index in [-0.39, 0.29) is 18.4 Å². The Bertz CT molecular complexity index is 821. The van der Waals surface area contributed by atoms with Gasteiger partial charge in [0.2, 0.25) is 0 Å². The quantitative estimate of drug-likeness (QED) is 0.804. The van der Waals surface area contributed by atoms with E-state index in [2.05, 4.69) is 26.5 Å². The van der Waals surface area contributed by atoms with Crippen LogP contribution in [0.5, 0.6) is 0 Å². The summed E-state index contributed by atoms with van der Waals surface area (Å²) in [6.07, 6.45) is 0. The standard InChI is InChI=1S/C12H11FN4O3S/c1-8-15-12(20-16-8)17-21(18,19)11-5-4-9(3-2-6-14)7-10(11)13/h4-5,7H,6,14H2,1H3,(H,15,16,17). The van der Waals surface area contributed by atoms with Crippen LogP contribution in [0.2, 0.25) is 0 Å². The fourth-order valence-corrected chi connectivity index (χ4v) is 2.44. The normalized spacial score (nSPS) is 10.8. The molecule has 0 aliphatic heterocycles. The van der Waals surface area contributed by atoms with Gasteiger partial charge in [0.05, 0.1) is 6.54 Å². The number of sulfonamides is 1. The first kappa shape index (κ1) is 15.0. The fraction of sp³-hybridized carbons (Fsp3) is 0.167. The van der Waals surface area contributed by atoms with E-state index >= 15 is 0 Å². The highest BCUT2D eigenvalue weighted by Crippen LogP contribution is 2.18. The molecular weight excluding hydrogens is 299 g/mol. The lowest BCUT2D eigenvalue weighted by molar-refractivity contribution is 0.429. The van der Waals surface area contributed by atoms with Gasteiger partial charge in [-0.25, -0.2) is 17.5 Å². The van der Waals surface area contributed by atoms with E-state index in [1.165, 1.54) is 13.0 Å². The highest BCUT2D eigenvalue weighted by Gasteiger charge is 2.21. The van der Waals surface area contributed by atoms with Crippen LogP contribution in [-0.4, -0.2) is 25.1 Å². The molecule has 1 aromatic heterocycles. The second-order valence-electron chi connectivity index (χ2n) is 3.90. The van der Waals surface area contributed by atoms with Crippen molar-refractivity contribution in [2.45, 2.75) is 11.8 Å². The van der Waals surface area contributed by atoms with Gasteiger partial charge in [0, 0.05) is 5.56 Å². The Morgan fingerprint density at radius 1 is 1.48 bits per heavy atom.